The maximum absolute atomic E-state index is 5.50. The van der Waals surface area contributed by atoms with Gasteiger partial charge < -0.3 is 19.9 Å². The molecule has 2 aromatic heterocycles. The van der Waals surface area contributed by atoms with Crippen molar-refractivity contribution >= 4 is 16.6 Å². The van der Waals surface area contributed by atoms with E-state index in [-0.39, 0.29) is 6.04 Å². The summed E-state index contributed by atoms with van der Waals surface area (Å²) in [4.78, 5) is 9.81. The molecule has 0 spiro atoms. The number of ether oxygens (including phenoxy) is 1. The SMILES string of the molecule is COCC(NC1CCN(c2ccncc2)CC1)c1ccc2[nH]ccc2c1. The predicted octanol–water partition coefficient (Wildman–Crippen LogP) is 3.51. The van der Waals surface area contributed by atoms with E-state index >= 15 is 0 Å². The highest BCUT2D eigenvalue weighted by Crippen LogP contribution is 2.24. The van der Waals surface area contributed by atoms with Crippen LogP contribution in [0.5, 0.6) is 0 Å². The number of anilines is 1. The standard InChI is InChI=1S/C21H26N4O/c1-26-15-21(16-2-3-20-17(14-16)4-11-23-20)24-18-7-12-25(13-8-18)19-5-9-22-10-6-19/h2-6,9-11,14,18,21,23-24H,7-8,12-13,15H2,1H3. The summed E-state index contributed by atoms with van der Waals surface area (Å²) in [6, 6.07) is 13.6. The van der Waals surface area contributed by atoms with E-state index in [2.05, 4.69) is 56.6 Å². The van der Waals surface area contributed by atoms with Crippen molar-refractivity contribution in [2.24, 2.45) is 0 Å². The van der Waals surface area contributed by atoms with E-state index in [1.807, 2.05) is 18.6 Å². The van der Waals surface area contributed by atoms with Crippen LogP contribution in [0, 0.1) is 0 Å². The average Bonchev–Trinajstić information content (AvgIpc) is 3.17. The molecule has 1 aliphatic rings. The first-order valence-corrected chi connectivity index (χ1v) is 9.30. The number of nitrogens with zero attached hydrogens (tertiary/aromatic N) is 2. The molecule has 5 nitrogen and oxygen atoms in total. The molecule has 1 saturated heterocycles. The van der Waals surface area contributed by atoms with Gasteiger partial charge in [0.2, 0.25) is 0 Å². The fourth-order valence-electron chi connectivity index (χ4n) is 3.84. The van der Waals surface area contributed by atoms with Crippen molar-refractivity contribution in [3.8, 4) is 0 Å². The summed E-state index contributed by atoms with van der Waals surface area (Å²) in [6.07, 6.45) is 7.99. The Balaban J connectivity index is 1.41. The lowest BCUT2D eigenvalue weighted by molar-refractivity contribution is 0.158. The fraction of sp³-hybridized carbons (Fsp3) is 0.381. The van der Waals surface area contributed by atoms with Gasteiger partial charge in [-0.2, -0.15) is 0 Å². The second kappa shape index (κ2) is 7.89. The Kier molecular flexibility index (Phi) is 5.18. The number of rotatable bonds is 6. The highest BCUT2D eigenvalue weighted by atomic mass is 16.5. The smallest absolute Gasteiger partial charge is 0.0657 e. The quantitative estimate of drug-likeness (QED) is 0.714. The van der Waals surface area contributed by atoms with Gasteiger partial charge in [0.25, 0.3) is 0 Å². The minimum Gasteiger partial charge on any atom is -0.383 e. The minimum atomic E-state index is 0.219. The second-order valence-electron chi connectivity index (χ2n) is 6.97. The molecule has 1 fully saturated rings. The molecule has 1 aliphatic heterocycles. The van der Waals surface area contributed by atoms with Gasteiger partial charge in [-0.25, -0.2) is 0 Å². The van der Waals surface area contributed by atoms with E-state index in [9.17, 15) is 0 Å². The summed E-state index contributed by atoms with van der Waals surface area (Å²) in [5.41, 5.74) is 3.73. The molecule has 1 aromatic carbocycles. The lowest BCUT2D eigenvalue weighted by Crippen LogP contribution is -2.44. The minimum absolute atomic E-state index is 0.219. The van der Waals surface area contributed by atoms with Crippen molar-refractivity contribution in [2.75, 3.05) is 31.7 Å². The third kappa shape index (κ3) is 3.74. The Bertz CT molecular complexity index is 824. The van der Waals surface area contributed by atoms with Crippen LogP contribution in [0.3, 0.4) is 0 Å². The molecule has 136 valence electrons. The van der Waals surface area contributed by atoms with Crippen LogP contribution in [-0.2, 0) is 4.74 Å². The number of aromatic nitrogens is 2. The average molecular weight is 350 g/mol. The highest BCUT2D eigenvalue weighted by Gasteiger charge is 2.23. The number of benzene rings is 1. The zero-order chi connectivity index (χ0) is 17.8. The first-order chi connectivity index (χ1) is 12.8. The Morgan fingerprint density at radius 2 is 2.00 bits per heavy atom. The summed E-state index contributed by atoms with van der Waals surface area (Å²) < 4.78 is 5.50. The molecule has 4 rings (SSSR count). The number of hydrogen-bond acceptors (Lipinski definition) is 4. The lowest BCUT2D eigenvalue weighted by Gasteiger charge is -2.35. The van der Waals surface area contributed by atoms with E-state index in [4.69, 9.17) is 4.74 Å². The van der Waals surface area contributed by atoms with Gasteiger partial charge in [0.05, 0.1) is 12.6 Å². The van der Waals surface area contributed by atoms with Gasteiger partial charge in [0, 0.05) is 56.0 Å². The van der Waals surface area contributed by atoms with Crippen molar-refractivity contribution in [1.82, 2.24) is 15.3 Å². The van der Waals surface area contributed by atoms with Crippen LogP contribution in [0.2, 0.25) is 0 Å². The number of nitrogens with one attached hydrogen (secondary N) is 2. The van der Waals surface area contributed by atoms with Gasteiger partial charge >= 0.3 is 0 Å². The Labute approximate surface area is 154 Å². The first kappa shape index (κ1) is 17.1. The van der Waals surface area contributed by atoms with Crippen LogP contribution >= 0.6 is 0 Å². The zero-order valence-corrected chi connectivity index (χ0v) is 15.2. The molecule has 2 N–H and O–H groups in total. The predicted molar refractivity (Wildman–Crippen MR) is 106 cm³/mol. The molecule has 3 heterocycles. The molecule has 0 amide bonds. The molecule has 0 saturated carbocycles. The van der Waals surface area contributed by atoms with Gasteiger partial charge in [0.1, 0.15) is 0 Å². The fourth-order valence-corrected chi connectivity index (χ4v) is 3.84. The monoisotopic (exact) mass is 350 g/mol. The van der Waals surface area contributed by atoms with Crippen LogP contribution < -0.4 is 10.2 Å². The number of H-pyrrole nitrogens is 1. The van der Waals surface area contributed by atoms with Crippen molar-refractivity contribution in [2.45, 2.75) is 24.9 Å². The Morgan fingerprint density at radius 1 is 1.19 bits per heavy atom. The van der Waals surface area contributed by atoms with Gasteiger partial charge in [-0.1, -0.05) is 6.07 Å². The topological polar surface area (TPSA) is 53.2 Å². The van der Waals surface area contributed by atoms with Crippen molar-refractivity contribution < 1.29 is 4.74 Å². The summed E-state index contributed by atoms with van der Waals surface area (Å²) >= 11 is 0. The maximum Gasteiger partial charge on any atom is 0.0657 e. The molecule has 0 aliphatic carbocycles. The number of piperidine rings is 1. The molecule has 0 bridgehead atoms. The van der Waals surface area contributed by atoms with Gasteiger partial charge in [-0.3, -0.25) is 4.98 Å². The van der Waals surface area contributed by atoms with Crippen LogP contribution in [0.4, 0.5) is 5.69 Å². The summed E-state index contributed by atoms with van der Waals surface area (Å²) in [5.74, 6) is 0. The second-order valence-corrected chi connectivity index (χ2v) is 6.97. The Morgan fingerprint density at radius 3 is 2.77 bits per heavy atom. The maximum atomic E-state index is 5.50. The molecule has 1 unspecified atom stereocenters. The molecule has 3 aromatic rings. The van der Waals surface area contributed by atoms with Crippen LogP contribution in [0.15, 0.2) is 55.0 Å². The number of pyridine rings is 1. The molecule has 0 radical (unpaired) electrons. The number of aromatic amines is 1. The van der Waals surface area contributed by atoms with Crippen LogP contribution in [-0.4, -0.2) is 42.8 Å². The van der Waals surface area contributed by atoms with E-state index < -0.39 is 0 Å². The molecular formula is C21H26N4O. The van der Waals surface area contributed by atoms with E-state index in [1.165, 1.54) is 22.2 Å². The first-order valence-electron chi connectivity index (χ1n) is 9.30. The van der Waals surface area contributed by atoms with Gasteiger partial charge in [0.15, 0.2) is 0 Å². The van der Waals surface area contributed by atoms with Crippen LogP contribution in [0.1, 0.15) is 24.4 Å². The molecule has 26 heavy (non-hydrogen) atoms. The van der Waals surface area contributed by atoms with E-state index in [0.29, 0.717) is 12.6 Å². The van der Waals surface area contributed by atoms with Crippen molar-refractivity contribution in [1.29, 1.82) is 0 Å². The van der Waals surface area contributed by atoms with E-state index in [0.717, 1.165) is 25.9 Å². The zero-order valence-electron chi connectivity index (χ0n) is 15.2. The third-order valence-electron chi connectivity index (χ3n) is 5.27. The van der Waals surface area contributed by atoms with Crippen LogP contribution in [0.25, 0.3) is 10.9 Å². The number of methoxy groups -OCH3 is 1. The molecule has 5 heteroatoms. The lowest BCUT2D eigenvalue weighted by atomic mass is 10.00. The normalized spacial score (nSPS) is 16.9. The number of fused-ring (bicyclic) bond motifs is 1. The van der Waals surface area contributed by atoms with Crippen molar-refractivity contribution in [3.63, 3.8) is 0 Å². The third-order valence-corrected chi connectivity index (χ3v) is 5.27. The van der Waals surface area contributed by atoms with Gasteiger partial charge in [-0.05, 0) is 54.1 Å². The number of hydrogen-bond donors (Lipinski definition) is 2. The largest absolute Gasteiger partial charge is 0.383 e. The Hall–Kier alpha value is -2.37. The molecule has 1 atom stereocenters. The van der Waals surface area contributed by atoms with E-state index in [1.54, 1.807) is 7.11 Å². The van der Waals surface area contributed by atoms with Gasteiger partial charge in [-0.15, -0.1) is 0 Å². The summed E-state index contributed by atoms with van der Waals surface area (Å²) in [6.45, 7) is 2.82. The highest BCUT2D eigenvalue weighted by molar-refractivity contribution is 5.80. The van der Waals surface area contributed by atoms with Crippen molar-refractivity contribution in [3.05, 3.63) is 60.6 Å². The molecular weight excluding hydrogens is 324 g/mol. The summed E-state index contributed by atoms with van der Waals surface area (Å²) in [7, 11) is 1.77. The summed E-state index contributed by atoms with van der Waals surface area (Å²) in [5, 5.41) is 5.08.